The molecule has 1 aliphatic rings. The fourth-order valence-corrected chi connectivity index (χ4v) is 2.92. The molecule has 0 saturated heterocycles. The SMILES string of the molecule is CC(C)CC(C(=O)NO)C(=O)Nc1ccc2c(c1)CCCC2. The van der Waals surface area contributed by atoms with E-state index in [0.29, 0.717) is 12.1 Å². The van der Waals surface area contributed by atoms with Crippen molar-refractivity contribution in [3.8, 4) is 0 Å². The molecule has 2 amide bonds. The van der Waals surface area contributed by atoms with Crippen molar-refractivity contribution in [2.75, 3.05) is 5.32 Å². The van der Waals surface area contributed by atoms with E-state index in [0.717, 1.165) is 12.8 Å². The fraction of sp³-hybridized carbons (Fsp3) is 0.529. The van der Waals surface area contributed by atoms with Crippen LogP contribution in [-0.2, 0) is 22.4 Å². The van der Waals surface area contributed by atoms with Crippen LogP contribution < -0.4 is 10.8 Å². The van der Waals surface area contributed by atoms with Gasteiger partial charge in [-0.15, -0.1) is 0 Å². The zero-order valence-electron chi connectivity index (χ0n) is 13.2. The lowest BCUT2D eigenvalue weighted by atomic mass is 9.91. The van der Waals surface area contributed by atoms with Crippen LogP contribution in [0, 0.1) is 11.8 Å². The van der Waals surface area contributed by atoms with Crippen LogP contribution in [0.2, 0.25) is 0 Å². The molecule has 2 rings (SSSR count). The molecule has 0 heterocycles. The number of aryl methyl sites for hydroxylation is 2. The Bertz CT molecular complexity index is 555. The molecule has 0 saturated carbocycles. The second-order valence-electron chi connectivity index (χ2n) is 6.34. The predicted octanol–water partition coefficient (Wildman–Crippen LogP) is 2.67. The molecule has 22 heavy (non-hydrogen) atoms. The van der Waals surface area contributed by atoms with E-state index in [1.54, 1.807) is 5.48 Å². The van der Waals surface area contributed by atoms with Crippen LogP contribution in [0.3, 0.4) is 0 Å². The Hall–Kier alpha value is -1.88. The summed E-state index contributed by atoms with van der Waals surface area (Å²) in [6.45, 7) is 3.87. The summed E-state index contributed by atoms with van der Waals surface area (Å²) >= 11 is 0. The average molecular weight is 304 g/mol. The van der Waals surface area contributed by atoms with Crippen LogP contribution in [0.4, 0.5) is 5.69 Å². The molecule has 0 radical (unpaired) electrons. The highest BCUT2D eigenvalue weighted by Gasteiger charge is 2.27. The molecule has 3 N–H and O–H groups in total. The molecule has 0 aromatic heterocycles. The number of benzene rings is 1. The number of nitrogens with one attached hydrogen (secondary N) is 2. The topological polar surface area (TPSA) is 78.4 Å². The van der Waals surface area contributed by atoms with Gasteiger partial charge in [0.25, 0.3) is 5.91 Å². The second-order valence-corrected chi connectivity index (χ2v) is 6.34. The predicted molar refractivity (Wildman–Crippen MR) is 84.6 cm³/mol. The fourth-order valence-electron chi connectivity index (χ4n) is 2.92. The smallest absolute Gasteiger partial charge is 0.255 e. The molecule has 1 aliphatic carbocycles. The Kier molecular flexibility index (Phi) is 5.55. The summed E-state index contributed by atoms with van der Waals surface area (Å²) in [4.78, 5) is 24.0. The lowest BCUT2D eigenvalue weighted by Gasteiger charge is -2.19. The summed E-state index contributed by atoms with van der Waals surface area (Å²) in [6, 6.07) is 5.93. The molecule has 1 atom stereocenters. The van der Waals surface area contributed by atoms with Gasteiger partial charge in [0.15, 0.2) is 0 Å². The van der Waals surface area contributed by atoms with Crippen molar-refractivity contribution >= 4 is 17.5 Å². The molecule has 0 aliphatic heterocycles. The number of carbonyl (C=O) groups is 2. The molecule has 0 bridgehead atoms. The second kappa shape index (κ2) is 7.40. The number of fused-ring (bicyclic) bond motifs is 1. The highest BCUT2D eigenvalue weighted by molar-refractivity contribution is 6.06. The monoisotopic (exact) mass is 304 g/mol. The quantitative estimate of drug-likeness (QED) is 0.444. The van der Waals surface area contributed by atoms with Crippen molar-refractivity contribution in [2.24, 2.45) is 11.8 Å². The van der Waals surface area contributed by atoms with E-state index >= 15 is 0 Å². The Labute approximate surface area is 131 Å². The first-order valence-electron chi connectivity index (χ1n) is 7.88. The van der Waals surface area contributed by atoms with Crippen LogP contribution >= 0.6 is 0 Å². The van der Waals surface area contributed by atoms with Gasteiger partial charge in [-0.2, -0.15) is 0 Å². The van der Waals surface area contributed by atoms with Gasteiger partial charge in [-0.1, -0.05) is 19.9 Å². The molecule has 5 nitrogen and oxygen atoms in total. The van der Waals surface area contributed by atoms with Crippen molar-refractivity contribution < 1.29 is 14.8 Å². The van der Waals surface area contributed by atoms with Gasteiger partial charge in [0.2, 0.25) is 5.91 Å². The number of hydrogen-bond acceptors (Lipinski definition) is 3. The maximum atomic E-state index is 12.3. The average Bonchev–Trinajstić information content (AvgIpc) is 2.51. The highest BCUT2D eigenvalue weighted by Crippen LogP contribution is 2.25. The van der Waals surface area contributed by atoms with Crippen molar-refractivity contribution in [3.63, 3.8) is 0 Å². The Morgan fingerprint density at radius 3 is 2.45 bits per heavy atom. The summed E-state index contributed by atoms with van der Waals surface area (Å²) in [7, 11) is 0. The standard InChI is InChI=1S/C17H24N2O3/c1-11(2)9-15(17(21)19-22)16(20)18-14-8-7-12-5-3-4-6-13(12)10-14/h7-8,10-11,15,22H,3-6,9H2,1-2H3,(H,18,20)(H,19,21). The lowest BCUT2D eigenvalue weighted by molar-refractivity contribution is -0.139. The van der Waals surface area contributed by atoms with Crippen molar-refractivity contribution in [1.29, 1.82) is 0 Å². The lowest BCUT2D eigenvalue weighted by Crippen LogP contribution is -2.37. The van der Waals surface area contributed by atoms with Gasteiger partial charge in [-0.25, -0.2) is 5.48 Å². The molecule has 120 valence electrons. The van der Waals surface area contributed by atoms with Crippen LogP contribution in [0.25, 0.3) is 0 Å². The minimum absolute atomic E-state index is 0.177. The summed E-state index contributed by atoms with van der Waals surface area (Å²) in [6.07, 6.45) is 4.90. The third kappa shape index (κ3) is 4.07. The normalized spacial score (nSPS) is 15.1. The van der Waals surface area contributed by atoms with Gasteiger partial charge in [0.1, 0.15) is 5.92 Å². The minimum Gasteiger partial charge on any atom is -0.325 e. The van der Waals surface area contributed by atoms with Gasteiger partial charge in [0, 0.05) is 5.69 Å². The van der Waals surface area contributed by atoms with Gasteiger partial charge in [0.05, 0.1) is 0 Å². The van der Waals surface area contributed by atoms with Gasteiger partial charge in [-0.3, -0.25) is 14.8 Å². The van der Waals surface area contributed by atoms with E-state index < -0.39 is 11.8 Å². The van der Waals surface area contributed by atoms with Gasteiger partial charge >= 0.3 is 0 Å². The summed E-state index contributed by atoms with van der Waals surface area (Å²) in [5, 5.41) is 11.6. The first-order valence-corrected chi connectivity index (χ1v) is 7.88. The zero-order valence-corrected chi connectivity index (χ0v) is 13.2. The van der Waals surface area contributed by atoms with Crippen LogP contribution in [0.5, 0.6) is 0 Å². The zero-order chi connectivity index (χ0) is 16.1. The number of rotatable bonds is 5. The van der Waals surface area contributed by atoms with E-state index in [1.807, 2.05) is 32.0 Å². The van der Waals surface area contributed by atoms with Crippen LogP contribution in [0.1, 0.15) is 44.2 Å². The van der Waals surface area contributed by atoms with Crippen LogP contribution in [-0.4, -0.2) is 17.0 Å². The van der Waals surface area contributed by atoms with E-state index in [-0.39, 0.29) is 11.8 Å². The Morgan fingerprint density at radius 2 is 1.82 bits per heavy atom. The van der Waals surface area contributed by atoms with E-state index in [9.17, 15) is 9.59 Å². The summed E-state index contributed by atoms with van der Waals surface area (Å²) in [5.74, 6) is -1.75. The molecule has 1 aromatic rings. The minimum atomic E-state index is -0.888. The summed E-state index contributed by atoms with van der Waals surface area (Å²) in [5.41, 5.74) is 4.92. The maximum absolute atomic E-state index is 12.3. The van der Waals surface area contributed by atoms with Crippen LogP contribution in [0.15, 0.2) is 18.2 Å². The molecule has 1 aromatic carbocycles. The van der Waals surface area contributed by atoms with Crippen molar-refractivity contribution in [1.82, 2.24) is 5.48 Å². The third-order valence-corrected chi connectivity index (χ3v) is 4.07. The highest BCUT2D eigenvalue weighted by atomic mass is 16.5. The number of carbonyl (C=O) groups excluding carboxylic acids is 2. The Morgan fingerprint density at radius 1 is 1.14 bits per heavy atom. The molecular weight excluding hydrogens is 280 g/mol. The Balaban J connectivity index is 2.10. The van der Waals surface area contributed by atoms with E-state index in [1.165, 1.54) is 24.0 Å². The maximum Gasteiger partial charge on any atom is 0.255 e. The molecule has 0 fully saturated rings. The van der Waals surface area contributed by atoms with Gasteiger partial charge in [-0.05, 0) is 61.3 Å². The number of hydrogen-bond donors (Lipinski definition) is 3. The number of amides is 2. The van der Waals surface area contributed by atoms with Crippen molar-refractivity contribution in [2.45, 2.75) is 46.0 Å². The molecular formula is C17H24N2O3. The number of hydroxylamine groups is 1. The first-order chi connectivity index (χ1) is 10.5. The van der Waals surface area contributed by atoms with Crippen molar-refractivity contribution in [3.05, 3.63) is 29.3 Å². The van der Waals surface area contributed by atoms with E-state index in [2.05, 4.69) is 5.32 Å². The molecule has 0 spiro atoms. The largest absolute Gasteiger partial charge is 0.325 e. The van der Waals surface area contributed by atoms with Gasteiger partial charge < -0.3 is 5.32 Å². The molecule has 5 heteroatoms. The third-order valence-electron chi connectivity index (χ3n) is 4.07. The molecule has 1 unspecified atom stereocenters. The summed E-state index contributed by atoms with van der Waals surface area (Å²) < 4.78 is 0. The van der Waals surface area contributed by atoms with E-state index in [4.69, 9.17) is 5.21 Å². The first kappa shape index (κ1) is 16.5. The number of anilines is 1.